The summed E-state index contributed by atoms with van der Waals surface area (Å²) in [5.74, 6) is 0.718. The molecular weight excluding hydrogens is 318 g/mol. The van der Waals surface area contributed by atoms with Gasteiger partial charge < -0.3 is 25.2 Å². The van der Waals surface area contributed by atoms with Gasteiger partial charge in [-0.1, -0.05) is 12.8 Å². The number of piperidine rings is 1. The van der Waals surface area contributed by atoms with Crippen molar-refractivity contribution in [1.29, 1.82) is 0 Å². The zero-order valence-corrected chi connectivity index (χ0v) is 16.1. The summed E-state index contributed by atoms with van der Waals surface area (Å²) >= 11 is 0. The van der Waals surface area contributed by atoms with E-state index in [4.69, 9.17) is 4.74 Å². The molecule has 0 unspecified atom stereocenters. The van der Waals surface area contributed by atoms with Crippen LogP contribution in [0.1, 0.15) is 38.5 Å². The molecule has 144 valence electrons. The smallest absolute Gasteiger partial charge is 0.243 e. The Balaban J connectivity index is 1.81. The van der Waals surface area contributed by atoms with Gasteiger partial charge in [-0.3, -0.25) is 4.79 Å². The topological polar surface area (TPSA) is 69.2 Å². The van der Waals surface area contributed by atoms with E-state index in [0.29, 0.717) is 25.2 Å². The number of hydrogen-bond donors (Lipinski definition) is 2. The van der Waals surface area contributed by atoms with Gasteiger partial charge >= 0.3 is 0 Å². The fraction of sp³-hybridized carbons (Fsp3) is 0.889. The molecule has 25 heavy (non-hydrogen) atoms. The standard InChI is InChI=1S/C18H35N5O2/c1-22(2)17(24)14-20-18(19-10-13-25-3)21-15-8-11-23(12-9-15)16-6-4-5-7-16/h15-16H,4-14H2,1-3H3,(H2,19,20,21). The second-order valence-corrected chi connectivity index (χ2v) is 7.27. The number of aliphatic imine (C=N–C) groups is 1. The van der Waals surface area contributed by atoms with Crippen LogP contribution in [0.4, 0.5) is 0 Å². The number of carbonyl (C=O) groups is 1. The van der Waals surface area contributed by atoms with Gasteiger partial charge in [-0.15, -0.1) is 0 Å². The minimum Gasteiger partial charge on any atom is -0.383 e. The van der Waals surface area contributed by atoms with Crippen molar-refractivity contribution in [2.45, 2.75) is 50.6 Å². The van der Waals surface area contributed by atoms with Crippen LogP contribution in [0.3, 0.4) is 0 Å². The maximum atomic E-state index is 11.8. The lowest BCUT2D eigenvalue weighted by Gasteiger charge is -2.36. The average Bonchev–Trinajstić information content (AvgIpc) is 3.14. The lowest BCUT2D eigenvalue weighted by atomic mass is 10.0. The number of carbonyl (C=O) groups excluding carboxylic acids is 1. The molecule has 0 atom stereocenters. The molecule has 0 aromatic heterocycles. The van der Waals surface area contributed by atoms with Gasteiger partial charge in [-0.25, -0.2) is 4.99 Å². The quantitative estimate of drug-likeness (QED) is 0.400. The maximum absolute atomic E-state index is 11.8. The lowest BCUT2D eigenvalue weighted by molar-refractivity contribution is -0.127. The second-order valence-electron chi connectivity index (χ2n) is 7.27. The predicted octanol–water partition coefficient (Wildman–Crippen LogP) is 0.663. The molecule has 2 fully saturated rings. The monoisotopic (exact) mass is 353 g/mol. The zero-order valence-electron chi connectivity index (χ0n) is 16.1. The molecule has 7 heteroatoms. The van der Waals surface area contributed by atoms with Crippen LogP contribution in [0.5, 0.6) is 0 Å². The summed E-state index contributed by atoms with van der Waals surface area (Å²) in [5, 5.41) is 6.76. The molecule has 0 aromatic rings. The van der Waals surface area contributed by atoms with Crippen molar-refractivity contribution in [3.8, 4) is 0 Å². The predicted molar refractivity (Wildman–Crippen MR) is 101 cm³/mol. The summed E-state index contributed by atoms with van der Waals surface area (Å²) in [6, 6.07) is 1.23. The number of likely N-dealkylation sites (tertiary alicyclic amines) is 1. The van der Waals surface area contributed by atoms with Gasteiger partial charge in [-0.2, -0.15) is 0 Å². The van der Waals surface area contributed by atoms with Crippen LogP contribution in [0.25, 0.3) is 0 Å². The van der Waals surface area contributed by atoms with Crippen molar-refractivity contribution >= 4 is 11.9 Å². The maximum Gasteiger partial charge on any atom is 0.243 e. The SMILES string of the molecule is COCCNC(=NCC(=O)N(C)C)NC1CCN(C2CCCC2)CC1. The van der Waals surface area contributed by atoms with E-state index in [1.807, 2.05) is 0 Å². The van der Waals surface area contributed by atoms with Crippen LogP contribution < -0.4 is 10.6 Å². The highest BCUT2D eigenvalue weighted by Gasteiger charge is 2.27. The molecule has 2 N–H and O–H groups in total. The number of amides is 1. The Labute approximate surface area is 152 Å². The average molecular weight is 354 g/mol. The number of nitrogens with zero attached hydrogens (tertiary/aromatic N) is 3. The van der Waals surface area contributed by atoms with E-state index >= 15 is 0 Å². The van der Waals surface area contributed by atoms with Crippen LogP contribution in [-0.2, 0) is 9.53 Å². The van der Waals surface area contributed by atoms with Crippen molar-refractivity contribution in [2.24, 2.45) is 4.99 Å². The van der Waals surface area contributed by atoms with E-state index in [0.717, 1.165) is 32.0 Å². The van der Waals surface area contributed by atoms with E-state index in [1.54, 1.807) is 26.1 Å². The highest BCUT2D eigenvalue weighted by Crippen LogP contribution is 2.26. The number of hydrogen-bond acceptors (Lipinski definition) is 4. The molecule has 0 bridgehead atoms. The van der Waals surface area contributed by atoms with Gasteiger partial charge in [-0.05, 0) is 25.7 Å². The van der Waals surface area contributed by atoms with E-state index in [2.05, 4.69) is 20.5 Å². The van der Waals surface area contributed by atoms with Gasteiger partial charge in [0, 0.05) is 52.9 Å². The molecule has 0 radical (unpaired) electrons. The highest BCUT2D eigenvalue weighted by atomic mass is 16.5. The highest BCUT2D eigenvalue weighted by molar-refractivity contribution is 5.84. The summed E-state index contributed by atoms with van der Waals surface area (Å²) in [6.07, 6.45) is 7.78. The molecule has 7 nitrogen and oxygen atoms in total. The molecule has 1 heterocycles. The van der Waals surface area contributed by atoms with E-state index < -0.39 is 0 Å². The number of likely N-dealkylation sites (N-methyl/N-ethyl adjacent to an activating group) is 1. The summed E-state index contributed by atoms with van der Waals surface area (Å²) in [4.78, 5) is 20.5. The summed E-state index contributed by atoms with van der Waals surface area (Å²) in [7, 11) is 5.18. The minimum atomic E-state index is 0.00361. The molecule has 1 saturated carbocycles. The fourth-order valence-electron chi connectivity index (χ4n) is 3.58. The Bertz CT molecular complexity index is 427. The number of methoxy groups -OCH3 is 1. The van der Waals surface area contributed by atoms with Gasteiger partial charge in [0.1, 0.15) is 6.54 Å². The third-order valence-electron chi connectivity index (χ3n) is 5.18. The third kappa shape index (κ3) is 6.82. The Kier molecular flexibility index (Phi) is 8.48. The Morgan fingerprint density at radius 1 is 1.20 bits per heavy atom. The van der Waals surface area contributed by atoms with Crippen LogP contribution in [0, 0.1) is 0 Å². The first kappa shape index (κ1) is 20.0. The van der Waals surface area contributed by atoms with Crippen LogP contribution >= 0.6 is 0 Å². The first-order valence-corrected chi connectivity index (χ1v) is 9.58. The van der Waals surface area contributed by atoms with E-state index in [-0.39, 0.29) is 12.5 Å². The van der Waals surface area contributed by atoms with Crippen molar-refractivity contribution in [1.82, 2.24) is 20.4 Å². The van der Waals surface area contributed by atoms with E-state index in [9.17, 15) is 4.79 Å². The Morgan fingerprint density at radius 2 is 1.88 bits per heavy atom. The van der Waals surface area contributed by atoms with Gasteiger partial charge in [0.15, 0.2) is 5.96 Å². The first-order chi connectivity index (χ1) is 12.1. The summed E-state index contributed by atoms with van der Waals surface area (Å²) < 4.78 is 5.09. The number of rotatable bonds is 7. The fourth-order valence-corrected chi connectivity index (χ4v) is 3.58. The normalized spacial score (nSPS) is 20.7. The van der Waals surface area contributed by atoms with Gasteiger partial charge in [0.2, 0.25) is 5.91 Å². The Hall–Kier alpha value is -1.34. The van der Waals surface area contributed by atoms with E-state index in [1.165, 1.54) is 25.7 Å². The van der Waals surface area contributed by atoms with Crippen molar-refractivity contribution in [3.05, 3.63) is 0 Å². The molecule has 1 aliphatic carbocycles. The van der Waals surface area contributed by atoms with Crippen molar-refractivity contribution in [3.63, 3.8) is 0 Å². The largest absolute Gasteiger partial charge is 0.383 e. The molecule has 2 aliphatic rings. The molecule has 2 rings (SSSR count). The first-order valence-electron chi connectivity index (χ1n) is 9.58. The molecule has 1 amide bonds. The van der Waals surface area contributed by atoms with Gasteiger partial charge in [0.25, 0.3) is 0 Å². The van der Waals surface area contributed by atoms with Crippen LogP contribution in [0.2, 0.25) is 0 Å². The summed E-state index contributed by atoms with van der Waals surface area (Å²) in [5.41, 5.74) is 0. The van der Waals surface area contributed by atoms with Gasteiger partial charge in [0.05, 0.1) is 6.61 Å². The minimum absolute atomic E-state index is 0.00361. The van der Waals surface area contributed by atoms with Crippen LogP contribution in [0.15, 0.2) is 4.99 Å². The molecular formula is C18H35N5O2. The molecule has 1 saturated heterocycles. The third-order valence-corrected chi connectivity index (χ3v) is 5.18. The molecule has 0 aromatic carbocycles. The lowest BCUT2D eigenvalue weighted by Crippen LogP contribution is -2.50. The number of nitrogens with one attached hydrogen (secondary N) is 2. The van der Waals surface area contributed by atoms with Crippen molar-refractivity contribution in [2.75, 3.05) is 54.0 Å². The molecule has 1 aliphatic heterocycles. The number of guanidine groups is 1. The Morgan fingerprint density at radius 3 is 2.48 bits per heavy atom. The zero-order chi connectivity index (χ0) is 18.1. The number of ether oxygens (including phenoxy) is 1. The molecule has 0 spiro atoms. The van der Waals surface area contributed by atoms with Crippen molar-refractivity contribution < 1.29 is 9.53 Å². The second kappa shape index (κ2) is 10.6. The van der Waals surface area contributed by atoms with Crippen LogP contribution in [-0.4, -0.2) is 87.7 Å². The summed E-state index contributed by atoms with van der Waals surface area (Å²) in [6.45, 7) is 3.77.